The molecule has 0 aromatic carbocycles. The molecule has 104 valence electrons. The highest BCUT2D eigenvalue weighted by molar-refractivity contribution is 8.01. The largest absolute Gasteiger partial charge is 0.477 e. The van der Waals surface area contributed by atoms with Crippen LogP contribution in [0.3, 0.4) is 0 Å². The molecule has 2 aromatic heterocycles. The van der Waals surface area contributed by atoms with Gasteiger partial charge in [0.25, 0.3) is 0 Å². The van der Waals surface area contributed by atoms with Crippen molar-refractivity contribution in [1.29, 1.82) is 0 Å². The number of carboxylic acids is 1. The summed E-state index contributed by atoms with van der Waals surface area (Å²) in [5, 5.41) is 20.0. The molecule has 0 saturated carbocycles. The lowest BCUT2D eigenvalue weighted by Gasteiger charge is -1.99. The van der Waals surface area contributed by atoms with Gasteiger partial charge in [0.05, 0.1) is 10.6 Å². The molecule has 2 heterocycles. The van der Waals surface area contributed by atoms with Gasteiger partial charge in [0, 0.05) is 6.07 Å². The second kappa shape index (κ2) is 5.43. The van der Waals surface area contributed by atoms with Gasteiger partial charge in [-0.1, -0.05) is 11.3 Å². The zero-order valence-corrected chi connectivity index (χ0v) is 11.7. The molecule has 20 heavy (non-hydrogen) atoms. The number of nitro groups is 1. The van der Waals surface area contributed by atoms with Gasteiger partial charge in [-0.25, -0.2) is 14.8 Å². The number of carbonyl (C=O) groups is 1. The number of nitrogens with two attached hydrogens (primary N) is 1. The predicted molar refractivity (Wildman–Crippen MR) is 73.2 cm³/mol. The molecule has 0 saturated heterocycles. The molecule has 0 unspecified atom stereocenters. The van der Waals surface area contributed by atoms with E-state index in [-0.39, 0.29) is 16.4 Å². The summed E-state index contributed by atoms with van der Waals surface area (Å²) < 4.78 is 0.487. The van der Waals surface area contributed by atoms with E-state index >= 15 is 0 Å². The Balaban J connectivity index is 2.26. The fraction of sp³-hybridized carbons (Fsp3) is 0.100. The van der Waals surface area contributed by atoms with Gasteiger partial charge in [0.2, 0.25) is 5.82 Å². The summed E-state index contributed by atoms with van der Waals surface area (Å²) in [6.07, 6.45) is 0. The lowest BCUT2D eigenvalue weighted by Crippen LogP contribution is -1.98. The van der Waals surface area contributed by atoms with E-state index < -0.39 is 10.9 Å². The molecule has 0 fully saturated rings. The van der Waals surface area contributed by atoms with Crippen LogP contribution < -0.4 is 5.73 Å². The van der Waals surface area contributed by atoms with Crippen LogP contribution in [0.15, 0.2) is 21.5 Å². The number of carboxylic acid groups (broad SMARTS) is 1. The highest BCUT2D eigenvalue weighted by Gasteiger charge is 2.17. The predicted octanol–water partition coefficient (Wildman–Crippen LogP) is 2.19. The number of aromatic nitrogens is 2. The highest BCUT2D eigenvalue weighted by atomic mass is 32.2. The Bertz CT molecular complexity index is 701. The summed E-state index contributed by atoms with van der Waals surface area (Å²) in [6.45, 7) is 1.60. The normalized spacial score (nSPS) is 10.4. The molecule has 0 radical (unpaired) electrons. The molecule has 0 aliphatic carbocycles. The number of hydrogen-bond donors (Lipinski definition) is 2. The molecule has 0 aliphatic heterocycles. The maximum absolute atomic E-state index is 10.9. The van der Waals surface area contributed by atoms with E-state index in [0.717, 1.165) is 23.1 Å². The molecule has 0 aliphatic rings. The summed E-state index contributed by atoms with van der Waals surface area (Å²) in [7, 11) is 0. The monoisotopic (exact) mass is 312 g/mol. The lowest BCUT2D eigenvalue weighted by molar-refractivity contribution is -0.384. The van der Waals surface area contributed by atoms with Gasteiger partial charge in [-0.05, 0) is 24.8 Å². The first-order chi connectivity index (χ1) is 9.38. The summed E-state index contributed by atoms with van der Waals surface area (Å²) >= 11 is 2.12. The highest BCUT2D eigenvalue weighted by Crippen LogP contribution is 2.33. The van der Waals surface area contributed by atoms with Crippen molar-refractivity contribution in [3.8, 4) is 0 Å². The minimum absolute atomic E-state index is 0.155. The Kier molecular flexibility index (Phi) is 3.86. The summed E-state index contributed by atoms with van der Waals surface area (Å²) in [5.74, 6) is -1.23. The zero-order chi connectivity index (χ0) is 14.9. The first-order valence-electron chi connectivity index (χ1n) is 5.18. The third-order valence-corrected chi connectivity index (χ3v) is 4.38. The van der Waals surface area contributed by atoms with Crippen molar-refractivity contribution in [3.63, 3.8) is 0 Å². The minimum atomic E-state index is -1.04. The van der Waals surface area contributed by atoms with Crippen LogP contribution in [0, 0.1) is 17.0 Å². The van der Waals surface area contributed by atoms with Crippen molar-refractivity contribution in [2.45, 2.75) is 16.3 Å². The SMILES string of the molecule is Cc1nc(Sc2ccc([N+](=O)[O-])c(N)n2)sc1C(=O)O. The van der Waals surface area contributed by atoms with Crippen molar-refractivity contribution in [2.75, 3.05) is 5.73 Å². The molecule has 0 bridgehead atoms. The van der Waals surface area contributed by atoms with Gasteiger partial charge in [-0.15, -0.1) is 0 Å². The number of nitrogen functional groups attached to an aromatic ring is 1. The molecule has 10 heteroatoms. The van der Waals surface area contributed by atoms with Crippen molar-refractivity contribution in [2.24, 2.45) is 0 Å². The molecule has 8 nitrogen and oxygen atoms in total. The van der Waals surface area contributed by atoms with Crippen molar-refractivity contribution < 1.29 is 14.8 Å². The Hall–Kier alpha value is -2.20. The van der Waals surface area contributed by atoms with Gasteiger partial charge >= 0.3 is 11.7 Å². The second-order valence-electron chi connectivity index (χ2n) is 3.61. The average molecular weight is 312 g/mol. The fourth-order valence-corrected chi connectivity index (χ4v) is 3.32. The number of thiazole rings is 1. The van der Waals surface area contributed by atoms with Crippen LogP contribution in [0.4, 0.5) is 11.5 Å². The Morgan fingerprint density at radius 2 is 2.20 bits per heavy atom. The number of anilines is 1. The van der Waals surface area contributed by atoms with Crippen molar-refractivity contribution in [3.05, 3.63) is 32.8 Å². The summed E-state index contributed by atoms with van der Waals surface area (Å²) in [5.41, 5.74) is 5.63. The Morgan fingerprint density at radius 3 is 2.70 bits per heavy atom. The Morgan fingerprint density at radius 1 is 1.50 bits per heavy atom. The molecular weight excluding hydrogens is 304 g/mol. The standard InChI is InChI=1S/C10H8N4O4S2/c1-4-7(9(15)16)20-10(12-4)19-6-3-2-5(14(17)18)8(11)13-6/h2-3H,1H3,(H2,11,13)(H,15,16). The van der Waals surface area contributed by atoms with Crippen LogP contribution in [0.1, 0.15) is 15.4 Å². The maximum atomic E-state index is 10.9. The summed E-state index contributed by atoms with van der Waals surface area (Å²) in [6, 6.07) is 2.69. The molecule has 0 spiro atoms. The van der Waals surface area contributed by atoms with Crippen molar-refractivity contribution >= 4 is 40.6 Å². The molecule has 0 atom stereocenters. The maximum Gasteiger partial charge on any atom is 0.347 e. The van der Waals surface area contributed by atoms with E-state index in [9.17, 15) is 14.9 Å². The topological polar surface area (TPSA) is 132 Å². The minimum Gasteiger partial charge on any atom is -0.477 e. The number of aromatic carboxylic acids is 1. The quantitative estimate of drug-likeness (QED) is 0.648. The lowest BCUT2D eigenvalue weighted by atomic mass is 10.4. The third kappa shape index (κ3) is 2.86. The van der Waals surface area contributed by atoms with Gasteiger partial charge in [0.1, 0.15) is 9.90 Å². The first kappa shape index (κ1) is 14.2. The summed E-state index contributed by atoms with van der Waals surface area (Å²) in [4.78, 5) is 29.1. The fourth-order valence-electron chi connectivity index (χ4n) is 1.36. The van der Waals surface area contributed by atoms with Crippen LogP contribution in [-0.2, 0) is 0 Å². The van der Waals surface area contributed by atoms with Crippen LogP contribution in [0.5, 0.6) is 0 Å². The van der Waals surface area contributed by atoms with Gasteiger partial charge in [0.15, 0.2) is 4.34 Å². The number of pyridine rings is 1. The first-order valence-corrected chi connectivity index (χ1v) is 6.81. The van der Waals surface area contributed by atoms with Gasteiger partial charge in [-0.2, -0.15) is 0 Å². The van der Waals surface area contributed by atoms with E-state index in [0.29, 0.717) is 15.1 Å². The zero-order valence-electron chi connectivity index (χ0n) is 10.1. The van der Waals surface area contributed by atoms with E-state index in [1.165, 1.54) is 12.1 Å². The van der Waals surface area contributed by atoms with Gasteiger partial charge < -0.3 is 10.8 Å². The Labute approximate surface area is 120 Å². The number of hydrogen-bond acceptors (Lipinski definition) is 8. The van der Waals surface area contributed by atoms with Crippen LogP contribution in [0.2, 0.25) is 0 Å². The molecule has 3 N–H and O–H groups in total. The number of aryl methyl sites for hydroxylation is 1. The average Bonchev–Trinajstić information content (AvgIpc) is 2.70. The number of nitrogens with zero attached hydrogens (tertiary/aromatic N) is 3. The van der Waals surface area contributed by atoms with Crippen molar-refractivity contribution in [1.82, 2.24) is 9.97 Å². The molecular formula is C10H8N4O4S2. The molecule has 2 rings (SSSR count). The van der Waals surface area contributed by atoms with Crippen LogP contribution in [-0.4, -0.2) is 26.0 Å². The van der Waals surface area contributed by atoms with E-state index in [4.69, 9.17) is 10.8 Å². The van der Waals surface area contributed by atoms with Gasteiger partial charge in [-0.3, -0.25) is 10.1 Å². The molecule has 2 aromatic rings. The smallest absolute Gasteiger partial charge is 0.347 e. The van der Waals surface area contributed by atoms with E-state index in [1.807, 2.05) is 0 Å². The number of rotatable bonds is 4. The van der Waals surface area contributed by atoms with E-state index in [2.05, 4.69) is 9.97 Å². The third-order valence-electron chi connectivity index (χ3n) is 2.24. The second-order valence-corrected chi connectivity index (χ2v) is 5.88. The van der Waals surface area contributed by atoms with Crippen LogP contribution >= 0.6 is 23.1 Å². The van der Waals surface area contributed by atoms with Crippen LogP contribution in [0.25, 0.3) is 0 Å². The molecule has 0 amide bonds. The van der Waals surface area contributed by atoms with E-state index in [1.54, 1.807) is 6.92 Å².